The van der Waals surface area contributed by atoms with Crippen molar-refractivity contribution in [1.82, 2.24) is 9.59 Å². The average molecular weight is 261 g/mol. The molecule has 2 rings (SSSR count). The summed E-state index contributed by atoms with van der Waals surface area (Å²) in [4.78, 5) is 1.10. The summed E-state index contributed by atoms with van der Waals surface area (Å²) in [5.41, 5.74) is 11.0. The van der Waals surface area contributed by atoms with Gasteiger partial charge in [-0.1, -0.05) is 47.2 Å². The Labute approximate surface area is 112 Å². The van der Waals surface area contributed by atoms with Crippen LogP contribution in [0, 0.1) is 13.8 Å². The van der Waals surface area contributed by atoms with Crippen molar-refractivity contribution in [2.75, 3.05) is 0 Å². The third-order valence-electron chi connectivity index (χ3n) is 2.96. The molecule has 3 nitrogen and oxygen atoms in total. The van der Waals surface area contributed by atoms with Crippen LogP contribution >= 0.6 is 11.5 Å². The number of benzene rings is 1. The van der Waals surface area contributed by atoms with Crippen LogP contribution in [0.2, 0.25) is 0 Å². The molecule has 0 saturated heterocycles. The van der Waals surface area contributed by atoms with Crippen LogP contribution in [-0.2, 0) is 6.42 Å². The Bertz CT molecular complexity index is 513. The summed E-state index contributed by atoms with van der Waals surface area (Å²) >= 11 is 1.42. The fourth-order valence-electron chi connectivity index (χ4n) is 2.20. The number of hydrogen-bond acceptors (Lipinski definition) is 4. The van der Waals surface area contributed by atoms with Crippen molar-refractivity contribution in [3.63, 3.8) is 0 Å². The Hall–Kier alpha value is -1.26. The van der Waals surface area contributed by atoms with Crippen LogP contribution in [0.25, 0.3) is 0 Å². The maximum atomic E-state index is 6.36. The van der Waals surface area contributed by atoms with Crippen LogP contribution in [0.1, 0.15) is 46.6 Å². The van der Waals surface area contributed by atoms with Crippen molar-refractivity contribution in [2.45, 2.75) is 39.7 Å². The number of aryl methyl sites for hydroxylation is 3. The molecular weight excluding hydrogens is 242 g/mol. The van der Waals surface area contributed by atoms with Crippen molar-refractivity contribution >= 4 is 11.5 Å². The van der Waals surface area contributed by atoms with Crippen LogP contribution in [0.3, 0.4) is 0 Å². The summed E-state index contributed by atoms with van der Waals surface area (Å²) in [6.07, 6.45) is 2.02. The van der Waals surface area contributed by atoms with Gasteiger partial charge in [0.05, 0.1) is 16.6 Å². The zero-order chi connectivity index (χ0) is 13.1. The third-order valence-corrected chi connectivity index (χ3v) is 3.81. The highest BCUT2D eigenvalue weighted by Crippen LogP contribution is 2.26. The topological polar surface area (TPSA) is 51.8 Å². The molecule has 0 aliphatic carbocycles. The lowest BCUT2D eigenvalue weighted by Crippen LogP contribution is -2.13. The van der Waals surface area contributed by atoms with E-state index in [2.05, 4.69) is 48.6 Å². The first kappa shape index (κ1) is 13.2. The molecule has 4 heteroatoms. The molecule has 0 spiro atoms. The summed E-state index contributed by atoms with van der Waals surface area (Å²) in [5, 5.41) is 4.19. The van der Waals surface area contributed by atoms with E-state index in [4.69, 9.17) is 5.73 Å². The molecule has 0 radical (unpaired) electrons. The second kappa shape index (κ2) is 5.59. The van der Waals surface area contributed by atoms with E-state index in [0.717, 1.165) is 29.0 Å². The van der Waals surface area contributed by atoms with Crippen molar-refractivity contribution in [3.05, 3.63) is 45.5 Å². The van der Waals surface area contributed by atoms with Crippen LogP contribution in [0.4, 0.5) is 0 Å². The smallest absolute Gasteiger partial charge is 0.0807 e. The first-order valence-corrected chi connectivity index (χ1v) is 7.04. The van der Waals surface area contributed by atoms with Crippen molar-refractivity contribution < 1.29 is 0 Å². The molecule has 2 aromatic rings. The highest BCUT2D eigenvalue weighted by atomic mass is 32.1. The van der Waals surface area contributed by atoms with E-state index in [-0.39, 0.29) is 6.04 Å². The van der Waals surface area contributed by atoms with E-state index in [1.165, 1.54) is 22.7 Å². The molecule has 1 aromatic carbocycles. The van der Waals surface area contributed by atoms with Crippen LogP contribution in [-0.4, -0.2) is 9.59 Å². The molecule has 0 aliphatic rings. The maximum Gasteiger partial charge on any atom is 0.0807 e. The maximum absolute atomic E-state index is 6.36. The van der Waals surface area contributed by atoms with E-state index in [1.807, 2.05) is 0 Å². The molecular formula is C14H19N3S. The van der Waals surface area contributed by atoms with E-state index < -0.39 is 0 Å². The molecule has 1 atom stereocenters. The van der Waals surface area contributed by atoms with Gasteiger partial charge in [-0.15, -0.1) is 5.10 Å². The van der Waals surface area contributed by atoms with Gasteiger partial charge in [0.25, 0.3) is 0 Å². The fourth-order valence-corrected chi connectivity index (χ4v) is 2.93. The van der Waals surface area contributed by atoms with Crippen molar-refractivity contribution in [2.24, 2.45) is 5.73 Å². The fraction of sp³-hybridized carbons (Fsp3) is 0.429. The summed E-state index contributed by atoms with van der Waals surface area (Å²) < 4.78 is 4.04. The zero-order valence-electron chi connectivity index (χ0n) is 11.1. The second-order valence-corrected chi connectivity index (χ2v) is 5.52. The van der Waals surface area contributed by atoms with Gasteiger partial charge >= 0.3 is 0 Å². The minimum atomic E-state index is -0.106. The molecule has 0 saturated carbocycles. The molecule has 0 fully saturated rings. The van der Waals surface area contributed by atoms with Gasteiger partial charge in [-0.25, -0.2) is 0 Å². The van der Waals surface area contributed by atoms with E-state index in [0.29, 0.717) is 0 Å². The Morgan fingerprint density at radius 2 is 1.89 bits per heavy atom. The van der Waals surface area contributed by atoms with Crippen molar-refractivity contribution in [1.29, 1.82) is 0 Å². The Balaban J connectivity index is 2.34. The van der Waals surface area contributed by atoms with Gasteiger partial charge in [-0.05, 0) is 37.4 Å². The number of rotatable bonds is 4. The average Bonchev–Trinajstić information content (AvgIpc) is 2.75. The molecule has 2 N–H and O–H groups in total. The van der Waals surface area contributed by atoms with Gasteiger partial charge < -0.3 is 5.73 Å². The third kappa shape index (κ3) is 2.76. The van der Waals surface area contributed by atoms with Crippen LogP contribution < -0.4 is 5.73 Å². The molecule has 96 valence electrons. The highest BCUT2D eigenvalue weighted by molar-refractivity contribution is 7.05. The Kier molecular flexibility index (Phi) is 4.09. The van der Waals surface area contributed by atoms with Crippen LogP contribution in [0.5, 0.6) is 0 Å². The zero-order valence-corrected chi connectivity index (χ0v) is 11.9. The van der Waals surface area contributed by atoms with Gasteiger partial charge in [0, 0.05) is 0 Å². The van der Waals surface area contributed by atoms with E-state index in [9.17, 15) is 0 Å². The lowest BCUT2D eigenvalue weighted by atomic mass is 9.99. The second-order valence-electron chi connectivity index (χ2n) is 4.73. The van der Waals surface area contributed by atoms with Gasteiger partial charge in [-0.2, -0.15) is 0 Å². The molecule has 0 aliphatic heterocycles. The molecule has 1 heterocycles. The lowest BCUT2D eigenvalue weighted by molar-refractivity contribution is 0.813. The van der Waals surface area contributed by atoms with Gasteiger partial charge in [0.15, 0.2) is 0 Å². The first-order chi connectivity index (χ1) is 8.61. The number of hydrogen-bond donors (Lipinski definition) is 1. The molecule has 0 amide bonds. The standard InChI is InChI=1S/C14H19N3S/c1-4-5-12-14(18-17-16-12)13(15)11-7-9(2)6-10(3)8-11/h6-8,13H,4-5,15H2,1-3H3. The highest BCUT2D eigenvalue weighted by Gasteiger charge is 2.17. The number of nitrogens with zero attached hydrogens (tertiary/aromatic N) is 2. The monoisotopic (exact) mass is 261 g/mol. The largest absolute Gasteiger partial charge is 0.320 e. The summed E-state index contributed by atoms with van der Waals surface area (Å²) in [7, 11) is 0. The first-order valence-electron chi connectivity index (χ1n) is 6.26. The molecule has 0 bridgehead atoms. The van der Waals surface area contributed by atoms with Gasteiger partial charge in [0.1, 0.15) is 0 Å². The molecule has 18 heavy (non-hydrogen) atoms. The summed E-state index contributed by atoms with van der Waals surface area (Å²) in [6, 6.07) is 6.35. The molecule has 1 aromatic heterocycles. The summed E-state index contributed by atoms with van der Waals surface area (Å²) in [5.74, 6) is 0. The summed E-state index contributed by atoms with van der Waals surface area (Å²) in [6.45, 7) is 6.34. The Morgan fingerprint density at radius 1 is 1.22 bits per heavy atom. The quantitative estimate of drug-likeness (QED) is 0.919. The minimum Gasteiger partial charge on any atom is -0.320 e. The van der Waals surface area contributed by atoms with E-state index in [1.54, 1.807) is 0 Å². The lowest BCUT2D eigenvalue weighted by Gasteiger charge is -2.13. The Morgan fingerprint density at radius 3 is 2.50 bits per heavy atom. The predicted octanol–water partition coefficient (Wildman–Crippen LogP) is 3.16. The van der Waals surface area contributed by atoms with Crippen molar-refractivity contribution in [3.8, 4) is 0 Å². The number of aromatic nitrogens is 2. The van der Waals surface area contributed by atoms with Gasteiger partial charge in [-0.3, -0.25) is 0 Å². The van der Waals surface area contributed by atoms with Crippen LogP contribution in [0.15, 0.2) is 18.2 Å². The number of nitrogens with two attached hydrogens (primary N) is 1. The molecule has 1 unspecified atom stereocenters. The predicted molar refractivity (Wildman–Crippen MR) is 75.9 cm³/mol. The van der Waals surface area contributed by atoms with E-state index >= 15 is 0 Å². The minimum absolute atomic E-state index is 0.106. The van der Waals surface area contributed by atoms with Gasteiger partial charge in [0.2, 0.25) is 0 Å². The SMILES string of the molecule is CCCc1nnsc1C(N)c1cc(C)cc(C)c1. The normalized spacial score (nSPS) is 12.7.